The maximum Gasteiger partial charge on any atom is 0.189 e. The van der Waals surface area contributed by atoms with Crippen LogP contribution in [0.2, 0.25) is 0 Å². The first-order valence-corrected chi connectivity index (χ1v) is 15.6. The van der Waals surface area contributed by atoms with Crippen molar-refractivity contribution in [3.05, 3.63) is 23.8 Å². The molecule has 0 amide bonds. The van der Waals surface area contributed by atoms with Crippen molar-refractivity contribution in [3.8, 4) is 0 Å². The lowest BCUT2D eigenvalue weighted by Gasteiger charge is -2.40. The van der Waals surface area contributed by atoms with Gasteiger partial charge in [0.05, 0.1) is 77.9 Å². The van der Waals surface area contributed by atoms with Gasteiger partial charge in [0, 0.05) is 19.1 Å². The number of hydrogen-bond donors (Lipinski definition) is 18. The Morgan fingerprint density at radius 3 is 1.67 bits per heavy atom. The Balaban J connectivity index is -0.000000905. The normalized spacial score (nSPS) is 22.8. The van der Waals surface area contributed by atoms with Gasteiger partial charge in [0.2, 0.25) is 0 Å². The van der Waals surface area contributed by atoms with E-state index in [2.05, 4.69) is 25.7 Å². The largest absolute Gasteiger partial charge is 0.396 e. The molecule has 1 aliphatic heterocycles. The number of rotatable bonds is 20. The molecule has 8 atom stereocenters. The summed E-state index contributed by atoms with van der Waals surface area (Å²) < 4.78 is 35.7. The third-order valence-electron chi connectivity index (χ3n) is 7.32. The highest BCUT2D eigenvalue weighted by molar-refractivity contribution is 4.93. The average molecular weight is 855 g/mol. The molecule has 3 heterocycles. The van der Waals surface area contributed by atoms with E-state index in [-0.39, 0.29) is 39.3 Å². The third kappa shape index (κ3) is 24.7. The number of aliphatic hydroxyl groups is 6. The average Bonchev–Trinajstić information content (AvgIpc) is 3.91. The molecule has 1 saturated carbocycles. The molecule has 2 aromatic heterocycles. The van der Waals surface area contributed by atoms with Crippen LogP contribution in [-0.2, 0) is 59.8 Å². The zero-order chi connectivity index (χ0) is 43.3. The highest BCUT2D eigenvalue weighted by Crippen LogP contribution is 2.35. The van der Waals surface area contributed by atoms with E-state index < -0.39 is 43.4 Å². The van der Waals surface area contributed by atoms with Crippen molar-refractivity contribution in [1.82, 2.24) is 30.0 Å². The molecule has 31 nitrogen and oxygen atoms in total. The lowest BCUT2D eigenvalue weighted by molar-refractivity contribution is -0.465. The van der Waals surface area contributed by atoms with Gasteiger partial charge in [-0.1, -0.05) is 22.9 Å². The summed E-state index contributed by atoms with van der Waals surface area (Å²) in [4.78, 5) is 0. The Hall–Kier alpha value is -2.72. The zero-order valence-electron chi connectivity index (χ0n) is 29.6. The van der Waals surface area contributed by atoms with Crippen LogP contribution in [0.25, 0.3) is 0 Å². The molecule has 342 valence electrons. The number of hydrogen-bond acceptors (Lipinski definition) is 29. The molecule has 2 aromatic rings. The Labute approximate surface area is 323 Å². The molecule has 31 heteroatoms. The summed E-state index contributed by atoms with van der Waals surface area (Å²) >= 11 is 0. The first-order valence-electron chi connectivity index (χ1n) is 15.6. The summed E-state index contributed by atoms with van der Waals surface area (Å²) in [5.41, 5.74) is 1.22. The zero-order valence-corrected chi connectivity index (χ0v) is 29.6. The van der Waals surface area contributed by atoms with E-state index in [1.54, 1.807) is 21.8 Å². The van der Waals surface area contributed by atoms with Crippen molar-refractivity contribution in [1.29, 1.82) is 0 Å². The van der Waals surface area contributed by atoms with Crippen molar-refractivity contribution in [2.45, 2.75) is 77.0 Å². The van der Waals surface area contributed by atoms with Crippen LogP contribution >= 0.6 is 0 Å². The van der Waals surface area contributed by atoms with Gasteiger partial charge in [-0.2, -0.15) is 0 Å². The fourth-order valence-corrected chi connectivity index (χ4v) is 4.72. The minimum Gasteiger partial charge on any atom is -0.396 e. The maximum atomic E-state index is 9.95. The molecule has 18 N–H and O–H groups in total. The first-order chi connectivity index (χ1) is 27.3. The summed E-state index contributed by atoms with van der Waals surface area (Å²) in [5.74, 6) is 0.0972. The van der Waals surface area contributed by atoms with Gasteiger partial charge in [-0.3, -0.25) is 57.3 Å². The molecular weight excluding hydrogens is 796 g/mol. The number of ether oxygens (including phenoxy) is 6. The molecule has 2 fully saturated rings. The highest BCUT2D eigenvalue weighted by Gasteiger charge is 2.44. The van der Waals surface area contributed by atoms with Gasteiger partial charge in [-0.05, 0) is 12.3 Å². The summed E-state index contributed by atoms with van der Waals surface area (Å²) in [6.07, 6.45) is -3.13. The summed E-state index contributed by atoms with van der Waals surface area (Å²) in [7, 11) is 0. The van der Waals surface area contributed by atoms with E-state index in [1.807, 2.05) is 0 Å². The Morgan fingerprint density at radius 2 is 1.14 bits per heavy atom. The van der Waals surface area contributed by atoms with E-state index in [4.69, 9.17) is 91.5 Å². The highest BCUT2D eigenvalue weighted by atomic mass is 17.4. The van der Waals surface area contributed by atoms with Crippen molar-refractivity contribution in [2.24, 2.45) is 11.8 Å². The Kier molecular flexibility index (Phi) is 44.3. The molecule has 8 unspecified atom stereocenters. The van der Waals surface area contributed by atoms with Crippen LogP contribution in [0, 0.1) is 11.8 Å². The smallest absolute Gasteiger partial charge is 0.189 e. The molecule has 0 aromatic carbocycles. The topological polar surface area (TPSA) is 490 Å². The molecule has 1 aliphatic carbocycles. The first kappa shape index (κ1) is 61.0. The summed E-state index contributed by atoms with van der Waals surface area (Å²) in [5, 5.41) is 149. The molecule has 4 rings (SSSR count). The Bertz CT molecular complexity index is 1100. The molecule has 2 aliphatic rings. The van der Waals surface area contributed by atoms with Crippen molar-refractivity contribution in [2.75, 3.05) is 53.0 Å². The van der Waals surface area contributed by atoms with Gasteiger partial charge >= 0.3 is 0 Å². The molecule has 57 heavy (non-hydrogen) atoms. The van der Waals surface area contributed by atoms with Crippen LogP contribution in [0.15, 0.2) is 12.4 Å². The van der Waals surface area contributed by atoms with Gasteiger partial charge < -0.3 is 59.1 Å². The lowest BCUT2D eigenvalue weighted by atomic mass is 9.71. The van der Waals surface area contributed by atoms with Crippen LogP contribution in [0.4, 0.5) is 0 Å². The van der Waals surface area contributed by atoms with Gasteiger partial charge in [-0.25, -0.2) is 15.2 Å². The van der Waals surface area contributed by atoms with Gasteiger partial charge in [-0.15, -0.1) is 10.2 Å². The van der Waals surface area contributed by atoms with E-state index in [0.717, 1.165) is 0 Å². The van der Waals surface area contributed by atoms with Crippen molar-refractivity contribution in [3.63, 3.8) is 0 Å². The van der Waals surface area contributed by atoms with Crippen LogP contribution < -0.4 is 0 Å². The fourth-order valence-electron chi connectivity index (χ4n) is 4.72. The minimum absolute atomic E-state index is 0. The number of nitrogens with zero attached hydrogens (tertiary/aromatic N) is 6. The second kappa shape index (κ2) is 41.4. The predicted octanol–water partition coefficient (Wildman–Crippen LogP) is -2.93. The van der Waals surface area contributed by atoms with Crippen LogP contribution in [-0.4, -0.2) is 214 Å². The molecule has 0 spiro atoms. The van der Waals surface area contributed by atoms with Gasteiger partial charge in [0.25, 0.3) is 0 Å². The minimum atomic E-state index is -1.52. The predicted molar refractivity (Wildman–Crippen MR) is 180 cm³/mol. The quantitative estimate of drug-likeness (QED) is 0.0274. The fraction of sp³-hybridized carbons (Fsp3) is 0.846. The lowest BCUT2D eigenvalue weighted by Crippen LogP contribution is -2.59. The van der Waals surface area contributed by atoms with Gasteiger partial charge in [0.15, 0.2) is 13.1 Å². The maximum absolute atomic E-state index is 9.95. The second-order valence-corrected chi connectivity index (χ2v) is 10.5. The van der Waals surface area contributed by atoms with Gasteiger partial charge in [0.1, 0.15) is 35.8 Å². The number of aliphatic hydroxyl groups excluding tert-OH is 6. The van der Waals surface area contributed by atoms with Crippen molar-refractivity contribution < 1.29 is 127 Å². The van der Waals surface area contributed by atoms with E-state index in [1.165, 1.54) is 0 Å². The summed E-state index contributed by atoms with van der Waals surface area (Å²) in [6, 6.07) is 0. The van der Waals surface area contributed by atoms with E-state index >= 15 is 0 Å². The van der Waals surface area contributed by atoms with Crippen LogP contribution in [0.3, 0.4) is 0 Å². The number of aromatic nitrogens is 6. The summed E-state index contributed by atoms with van der Waals surface area (Å²) in [6.45, 7) is 2.58. The second-order valence-electron chi connectivity index (χ2n) is 10.5. The molecule has 0 bridgehead atoms. The molecule has 0 radical (unpaired) electrons. The standard InChI is InChI=1S/C25H42N6O12.CH4.H2O3.5H2O2/c32-11-16-7-20(34)19(16)10-31-9-18(27-29-31)13-40-6-5-39-4-3-38-2-1-30-8-17(26-28-30)14-41-15-42-25-24(37)23(36)22(35)21(12-33)43-25;;1-3-2;5*1-2/h8-9,16,19-25,32-37H,1-7,10-15H2;1H4;1-2H;5*1-2H. The van der Waals surface area contributed by atoms with E-state index in [0.29, 0.717) is 70.5 Å². The van der Waals surface area contributed by atoms with Crippen LogP contribution in [0.5, 0.6) is 0 Å². The van der Waals surface area contributed by atoms with E-state index in [9.17, 15) is 30.6 Å². The molecular formula is C26H58N6O25. The molecule has 1 saturated heterocycles. The van der Waals surface area contributed by atoms with Crippen LogP contribution in [0.1, 0.15) is 25.2 Å². The SMILES string of the molecule is C.OCC1CC(O)C1Cn1cc(COCCOCCOCCn2cc(COCOC3OC(CO)C(O)C(O)C3O)nn2)nn1.OO.OO.OO.OO.OO.OOO. The monoisotopic (exact) mass is 854 g/mol. The van der Waals surface area contributed by atoms with Crippen molar-refractivity contribution >= 4 is 0 Å². The third-order valence-corrected chi connectivity index (χ3v) is 7.32. The Morgan fingerprint density at radius 1 is 0.649 bits per heavy atom.